The number of fused-ring (bicyclic) bond motifs is 3. The first kappa shape index (κ1) is 20.7. The SMILES string of the molecule is Cc1ccc(-n2nccn2)c(C(=O)N2C3CC(C3)[C@@H](C)[C@H]2CNc2cnc3ccccc3n2)n1. The fourth-order valence-electron chi connectivity index (χ4n) is 5.31. The standard InChI is InChI=1S/C25H26N8O/c1-15-7-8-21(33-28-9-10-29-33)24(30-15)25(34)32-18-11-17(12-18)16(2)22(32)13-27-23-14-26-19-5-3-4-6-20(19)31-23/h3-10,14,16-18,22H,11-13H2,1-2H3,(H,27,31)/t16-,17?,18?,22-/m1/s1. The highest BCUT2D eigenvalue weighted by Gasteiger charge is 2.51. The van der Waals surface area contributed by atoms with Gasteiger partial charge in [-0.15, -0.1) is 4.80 Å². The van der Waals surface area contributed by atoms with Crippen LogP contribution in [0.15, 0.2) is 55.0 Å². The molecule has 1 aromatic carbocycles. The highest BCUT2D eigenvalue weighted by atomic mass is 16.2. The van der Waals surface area contributed by atoms with Gasteiger partial charge in [-0.2, -0.15) is 10.2 Å². The van der Waals surface area contributed by atoms with Crippen LogP contribution < -0.4 is 5.32 Å². The van der Waals surface area contributed by atoms with Gasteiger partial charge in [0.05, 0.1) is 35.7 Å². The van der Waals surface area contributed by atoms with Crippen molar-refractivity contribution in [3.05, 3.63) is 66.4 Å². The minimum absolute atomic E-state index is 0.0269. The molecule has 2 bridgehead atoms. The molecule has 34 heavy (non-hydrogen) atoms. The molecule has 0 unspecified atom stereocenters. The van der Waals surface area contributed by atoms with Crippen LogP contribution in [0.5, 0.6) is 0 Å². The molecule has 0 radical (unpaired) electrons. The molecule has 9 heteroatoms. The zero-order valence-corrected chi connectivity index (χ0v) is 19.2. The Morgan fingerprint density at radius 1 is 1.06 bits per heavy atom. The lowest BCUT2D eigenvalue weighted by Gasteiger charge is -2.57. The van der Waals surface area contributed by atoms with E-state index in [0.717, 1.165) is 29.6 Å². The van der Waals surface area contributed by atoms with E-state index in [9.17, 15) is 4.79 Å². The zero-order chi connectivity index (χ0) is 23.2. The van der Waals surface area contributed by atoms with Crippen molar-refractivity contribution >= 4 is 22.8 Å². The normalized spacial score (nSPS) is 23.5. The Labute approximate surface area is 197 Å². The molecule has 1 saturated carbocycles. The number of para-hydroxylation sites is 2. The smallest absolute Gasteiger partial charge is 0.275 e. The largest absolute Gasteiger partial charge is 0.367 e. The Morgan fingerprint density at radius 3 is 2.62 bits per heavy atom. The molecule has 3 aliphatic rings. The molecular weight excluding hydrogens is 428 g/mol. The first-order valence-corrected chi connectivity index (χ1v) is 11.7. The van der Waals surface area contributed by atoms with Crippen molar-refractivity contribution < 1.29 is 4.79 Å². The monoisotopic (exact) mass is 454 g/mol. The molecule has 1 N–H and O–H groups in total. The van der Waals surface area contributed by atoms with E-state index in [1.165, 1.54) is 4.80 Å². The number of nitrogens with one attached hydrogen (secondary N) is 1. The van der Waals surface area contributed by atoms with Crippen molar-refractivity contribution in [1.29, 1.82) is 0 Å². The van der Waals surface area contributed by atoms with Crippen LogP contribution in [-0.4, -0.2) is 59.4 Å². The number of aromatic nitrogens is 6. The average Bonchev–Trinajstić information content (AvgIpc) is 3.36. The molecule has 172 valence electrons. The van der Waals surface area contributed by atoms with Gasteiger partial charge in [0, 0.05) is 18.3 Å². The molecule has 0 spiro atoms. The van der Waals surface area contributed by atoms with Gasteiger partial charge in [0.1, 0.15) is 11.5 Å². The fourth-order valence-corrected chi connectivity index (χ4v) is 5.31. The minimum Gasteiger partial charge on any atom is -0.367 e. The number of nitrogens with zero attached hydrogens (tertiary/aromatic N) is 7. The van der Waals surface area contributed by atoms with Crippen molar-refractivity contribution in [2.75, 3.05) is 11.9 Å². The van der Waals surface area contributed by atoms with Crippen LogP contribution in [0.1, 0.15) is 35.9 Å². The molecular formula is C25H26N8O. The van der Waals surface area contributed by atoms with E-state index in [1.807, 2.05) is 48.2 Å². The second-order valence-corrected chi connectivity index (χ2v) is 9.29. The van der Waals surface area contributed by atoms with E-state index in [1.54, 1.807) is 18.6 Å². The quantitative estimate of drug-likeness (QED) is 0.494. The highest BCUT2D eigenvalue weighted by Crippen LogP contribution is 2.47. The van der Waals surface area contributed by atoms with Crippen LogP contribution in [0, 0.1) is 18.8 Å². The summed E-state index contributed by atoms with van der Waals surface area (Å²) in [5.41, 5.74) is 3.49. The number of hydrogen-bond acceptors (Lipinski definition) is 7. The van der Waals surface area contributed by atoms with Crippen LogP contribution >= 0.6 is 0 Å². The Balaban J connectivity index is 1.30. The number of piperidine rings is 2. The Hall–Kier alpha value is -3.88. The lowest BCUT2D eigenvalue weighted by atomic mass is 9.64. The summed E-state index contributed by atoms with van der Waals surface area (Å²) in [7, 11) is 0. The number of carbonyl (C=O) groups is 1. The maximum Gasteiger partial charge on any atom is 0.275 e. The van der Waals surface area contributed by atoms with Crippen LogP contribution in [0.2, 0.25) is 0 Å². The maximum absolute atomic E-state index is 14.0. The minimum atomic E-state index is -0.0672. The molecule has 5 heterocycles. The molecule has 1 aliphatic carbocycles. The molecule has 1 amide bonds. The predicted molar refractivity (Wildman–Crippen MR) is 128 cm³/mol. The van der Waals surface area contributed by atoms with Gasteiger partial charge < -0.3 is 10.2 Å². The number of amides is 1. The lowest BCUT2D eigenvalue weighted by molar-refractivity contribution is -0.0505. The van der Waals surface area contributed by atoms with Gasteiger partial charge in [-0.05, 0) is 55.9 Å². The molecule has 7 rings (SSSR count). The number of anilines is 1. The lowest BCUT2D eigenvalue weighted by Crippen LogP contribution is -2.64. The molecule has 2 aliphatic heterocycles. The summed E-state index contributed by atoms with van der Waals surface area (Å²) in [5, 5.41) is 11.9. The average molecular weight is 455 g/mol. The number of aryl methyl sites for hydroxylation is 1. The first-order chi connectivity index (χ1) is 16.6. The van der Waals surface area contributed by atoms with E-state index in [2.05, 4.69) is 32.4 Å². The topological polar surface area (TPSA) is 102 Å². The van der Waals surface area contributed by atoms with Crippen LogP contribution in [0.4, 0.5) is 5.82 Å². The van der Waals surface area contributed by atoms with Gasteiger partial charge in [-0.3, -0.25) is 9.78 Å². The number of benzene rings is 1. The number of carbonyl (C=O) groups excluding carboxylic acids is 1. The zero-order valence-electron chi connectivity index (χ0n) is 19.2. The van der Waals surface area contributed by atoms with Crippen LogP contribution in [0.3, 0.4) is 0 Å². The first-order valence-electron chi connectivity index (χ1n) is 11.7. The highest BCUT2D eigenvalue weighted by molar-refractivity contribution is 5.96. The molecule has 2 atom stereocenters. The number of hydrogen-bond donors (Lipinski definition) is 1. The molecule has 9 nitrogen and oxygen atoms in total. The summed E-state index contributed by atoms with van der Waals surface area (Å²) >= 11 is 0. The second kappa shape index (κ2) is 8.16. The van der Waals surface area contributed by atoms with E-state index in [-0.39, 0.29) is 18.0 Å². The third kappa shape index (κ3) is 3.48. The van der Waals surface area contributed by atoms with Crippen LogP contribution in [-0.2, 0) is 0 Å². The van der Waals surface area contributed by atoms with E-state index >= 15 is 0 Å². The van der Waals surface area contributed by atoms with Gasteiger partial charge in [0.25, 0.3) is 5.91 Å². The summed E-state index contributed by atoms with van der Waals surface area (Å²) in [6, 6.07) is 11.8. The Kier molecular flexibility index (Phi) is 4.97. The molecule has 2 saturated heterocycles. The Bertz CT molecular complexity index is 1350. The third-order valence-electron chi connectivity index (χ3n) is 7.28. The van der Waals surface area contributed by atoms with Gasteiger partial charge in [0.15, 0.2) is 5.69 Å². The van der Waals surface area contributed by atoms with E-state index in [4.69, 9.17) is 4.98 Å². The number of pyridine rings is 1. The molecule has 3 aromatic heterocycles. The predicted octanol–water partition coefficient (Wildman–Crippen LogP) is 3.27. The summed E-state index contributed by atoms with van der Waals surface area (Å²) in [6.07, 6.45) is 7.04. The molecule has 3 fully saturated rings. The number of rotatable bonds is 5. The maximum atomic E-state index is 14.0. The summed E-state index contributed by atoms with van der Waals surface area (Å²) in [4.78, 5) is 31.3. The summed E-state index contributed by atoms with van der Waals surface area (Å²) < 4.78 is 0. The van der Waals surface area contributed by atoms with Gasteiger partial charge in [-0.25, -0.2) is 9.97 Å². The third-order valence-corrected chi connectivity index (χ3v) is 7.28. The van der Waals surface area contributed by atoms with Crippen LogP contribution in [0.25, 0.3) is 16.7 Å². The van der Waals surface area contributed by atoms with Crippen molar-refractivity contribution in [3.8, 4) is 5.69 Å². The van der Waals surface area contributed by atoms with Gasteiger partial charge in [-0.1, -0.05) is 19.1 Å². The van der Waals surface area contributed by atoms with Crippen molar-refractivity contribution in [2.24, 2.45) is 11.8 Å². The second-order valence-electron chi connectivity index (χ2n) is 9.29. The van der Waals surface area contributed by atoms with Crippen molar-refractivity contribution in [2.45, 2.75) is 38.8 Å². The Morgan fingerprint density at radius 2 is 1.82 bits per heavy atom. The summed E-state index contributed by atoms with van der Waals surface area (Å²) in [6.45, 7) is 4.75. The van der Waals surface area contributed by atoms with E-state index < -0.39 is 0 Å². The van der Waals surface area contributed by atoms with Gasteiger partial charge in [0.2, 0.25) is 0 Å². The molecule has 4 aromatic rings. The fraction of sp³-hybridized carbons (Fsp3) is 0.360. The van der Waals surface area contributed by atoms with E-state index in [0.29, 0.717) is 35.6 Å². The van der Waals surface area contributed by atoms with Gasteiger partial charge >= 0.3 is 0 Å². The van der Waals surface area contributed by atoms with Crippen molar-refractivity contribution in [1.82, 2.24) is 34.8 Å². The summed E-state index contributed by atoms with van der Waals surface area (Å²) in [5.74, 6) is 1.65. The van der Waals surface area contributed by atoms with Crippen molar-refractivity contribution in [3.63, 3.8) is 0 Å².